The summed E-state index contributed by atoms with van der Waals surface area (Å²) in [7, 11) is 0. The highest BCUT2D eigenvalue weighted by molar-refractivity contribution is 5.98. The normalized spacial score (nSPS) is 38.8. The number of ether oxygens (including phenoxy) is 6. The summed E-state index contributed by atoms with van der Waals surface area (Å²) in [6, 6.07) is 16.2. The molecule has 0 spiro atoms. The Kier molecular flexibility index (Phi) is 9.28. The molecule has 54 heavy (non-hydrogen) atoms. The molecule has 2 bridgehead atoms. The third-order valence-electron chi connectivity index (χ3n) is 12.6. The van der Waals surface area contributed by atoms with Crippen molar-refractivity contribution in [3.8, 4) is 0 Å². The molecular formula is C41H46O13. The van der Waals surface area contributed by atoms with Crippen molar-refractivity contribution in [2.24, 2.45) is 35.0 Å². The molecule has 2 aromatic carbocycles. The number of rotatable bonds is 7. The summed E-state index contributed by atoms with van der Waals surface area (Å²) in [4.78, 5) is 83.3. The molecule has 5 fully saturated rings. The van der Waals surface area contributed by atoms with Crippen LogP contribution < -0.4 is 0 Å². The van der Waals surface area contributed by atoms with E-state index >= 15 is 4.79 Å². The fourth-order valence-electron chi connectivity index (χ4n) is 10.7. The number of hydrogen-bond acceptors (Lipinski definition) is 13. The zero-order chi connectivity index (χ0) is 39.0. The van der Waals surface area contributed by atoms with Crippen LogP contribution in [0.5, 0.6) is 0 Å². The van der Waals surface area contributed by atoms with Gasteiger partial charge < -0.3 is 33.5 Å². The van der Waals surface area contributed by atoms with Gasteiger partial charge in [-0.05, 0) is 57.4 Å². The molecule has 2 aliphatic heterocycles. The van der Waals surface area contributed by atoms with Crippen LogP contribution in [0.4, 0.5) is 0 Å². The van der Waals surface area contributed by atoms with Gasteiger partial charge in [0.2, 0.25) is 0 Å². The molecule has 0 aromatic heterocycles. The van der Waals surface area contributed by atoms with Crippen molar-refractivity contribution in [1.29, 1.82) is 0 Å². The van der Waals surface area contributed by atoms with Gasteiger partial charge in [-0.1, -0.05) is 50.2 Å². The van der Waals surface area contributed by atoms with Crippen molar-refractivity contribution in [2.75, 3.05) is 6.61 Å². The fraction of sp³-hybridized carbons (Fsp3) is 0.561. The van der Waals surface area contributed by atoms with Crippen LogP contribution in [-0.4, -0.2) is 88.6 Å². The van der Waals surface area contributed by atoms with E-state index in [1.165, 1.54) is 31.2 Å². The molecule has 2 saturated heterocycles. The summed E-state index contributed by atoms with van der Waals surface area (Å²) >= 11 is 0. The Labute approximate surface area is 312 Å². The second kappa shape index (κ2) is 13.3. The molecule has 13 nitrogen and oxygen atoms in total. The highest BCUT2D eigenvalue weighted by atomic mass is 16.6. The number of esters is 5. The molecule has 2 heterocycles. The topological polar surface area (TPSA) is 178 Å². The van der Waals surface area contributed by atoms with Gasteiger partial charge >= 0.3 is 29.8 Å². The molecular weight excluding hydrogens is 700 g/mol. The van der Waals surface area contributed by atoms with Gasteiger partial charge in [-0.15, -0.1) is 0 Å². The summed E-state index contributed by atoms with van der Waals surface area (Å²) in [6.45, 7) is 9.18. The molecule has 5 aliphatic rings. The van der Waals surface area contributed by atoms with Crippen LogP contribution in [0.25, 0.3) is 0 Å². The lowest BCUT2D eigenvalue weighted by Crippen LogP contribution is -2.71. The number of hydrogen-bond donors (Lipinski definition) is 1. The molecule has 2 aromatic rings. The maximum Gasteiger partial charge on any atom is 0.338 e. The lowest BCUT2D eigenvalue weighted by Gasteiger charge is -2.58. The molecule has 1 N–H and O–H groups in total. The number of carbonyl (C=O) groups excluding carboxylic acids is 6. The van der Waals surface area contributed by atoms with E-state index in [0.717, 1.165) is 0 Å². The molecule has 3 saturated carbocycles. The fourth-order valence-corrected chi connectivity index (χ4v) is 10.7. The van der Waals surface area contributed by atoms with E-state index < -0.39 is 118 Å². The van der Waals surface area contributed by atoms with Gasteiger partial charge in [0.15, 0.2) is 18.0 Å². The minimum absolute atomic E-state index is 0.0654. The largest absolute Gasteiger partial charge is 0.462 e. The lowest BCUT2D eigenvalue weighted by atomic mass is 9.47. The number of cyclic esters (lactones) is 1. The van der Waals surface area contributed by atoms with Crippen LogP contribution >= 0.6 is 0 Å². The van der Waals surface area contributed by atoms with Crippen LogP contribution in [-0.2, 0) is 47.6 Å². The van der Waals surface area contributed by atoms with Gasteiger partial charge in [0.05, 0.1) is 35.5 Å². The zero-order valence-electron chi connectivity index (χ0n) is 31.1. The summed E-state index contributed by atoms with van der Waals surface area (Å²) < 4.78 is 37.5. The number of Topliss-reactive ketones (excluding diaryl/α,β-unsaturated/α-hetero) is 1. The third-order valence-corrected chi connectivity index (χ3v) is 12.6. The SMILES string of the molecule is CCC(=O)O[C@@H]1[C@@]2(C)OCC3(C(=O)[C@@H](OC(=O)c4ccccc4)C4CC(=O)OC(C)(C)[C@H]4[C@H]32)[C@@H](OC(=O)c2ccccc2)C2[C@@H](OC(C)=O)[C@@H](C)C[C@@]21O. The quantitative estimate of drug-likeness (QED) is 0.318. The third kappa shape index (κ3) is 5.64. The molecule has 3 aliphatic carbocycles. The summed E-state index contributed by atoms with van der Waals surface area (Å²) in [5.41, 5.74) is -6.72. The first-order chi connectivity index (χ1) is 25.5. The smallest absolute Gasteiger partial charge is 0.338 e. The van der Waals surface area contributed by atoms with Crippen LogP contribution in [0.1, 0.15) is 81.5 Å². The Hall–Kier alpha value is -4.62. The zero-order valence-corrected chi connectivity index (χ0v) is 31.1. The van der Waals surface area contributed by atoms with Crippen molar-refractivity contribution >= 4 is 35.6 Å². The first-order valence-corrected chi connectivity index (χ1v) is 18.5. The molecule has 0 amide bonds. The Morgan fingerprint density at radius 3 is 2.02 bits per heavy atom. The van der Waals surface area contributed by atoms with E-state index in [4.69, 9.17) is 28.4 Å². The van der Waals surface area contributed by atoms with Gasteiger partial charge in [0.25, 0.3) is 0 Å². The van der Waals surface area contributed by atoms with Crippen LogP contribution in [0.15, 0.2) is 60.7 Å². The van der Waals surface area contributed by atoms with Gasteiger partial charge in [0.1, 0.15) is 29.0 Å². The molecule has 3 unspecified atom stereocenters. The van der Waals surface area contributed by atoms with E-state index in [0.29, 0.717) is 0 Å². The van der Waals surface area contributed by atoms with Crippen LogP contribution in [0.2, 0.25) is 0 Å². The number of ketones is 1. The van der Waals surface area contributed by atoms with E-state index in [-0.39, 0.29) is 30.4 Å². The minimum Gasteiger partial charge on any atom is -0.462 e. The molecule has 7 rings (SSSR count). The van der Waals surface area contributed by atoms with Gasteiger partial charge in [-0.3, -0.25) is 19.2 Å². The van der Waals surface area contributed by atoms with Crippen LogP contribution in [0.3, 0.4) is 0 Å². The van der Waals surface area contributed by atoms with Gasteiger partial charge in [0, 0.05) is 31.1 Å². The van der Waals surface area contributed by atoms with E-state index in [1.807, 2.05) is 0 Å². The standard InChI is InChI=1S/C41H46O13/c1-7-26(43)51-37-39(6)32-28-25(18-27(44)54-38(28,4)5)31(52-35(46)23-14-10-8-11-15-23)33(45)40(32,20-49-39)34(53-36(47)24-16-12-9-13-17-24)29-30(50-22(3)42)21(2)19-41(29,37)48/h8-17,21,25,28-32,34,37,48H,7,18-20H2,1-6H3/t21-,25?,28+,29?,30-,31-,32-,34-,37+,39-,40?,41+/m0/s1. The van der Waals surface area contributed by atoms with Crippen molar-refractivity contribution < 1.29 is 62.3 Å². The van der Waals surface area contributed by atoms with Crippen molar-refractivity contribution in [2.45, 2.75) is 102 Å². The Balaban J connectivity index is 1.51. The average molecular weight is 747 g/mol. The number of fused-ring (bicyclic) bond motifs is 2. The summed E-state index contributed by atoms with van der Waals surface area (Å²) in [5, 5.41) is 13.2. The van der Waals surface area contributed by atoms with Crippen molar-refractivity contribution in [1.82, 2.24) is 0 Å². The van der Waals surface area contributed by atoms with E-state index in [2.05, 4.69) is 0 Å². The molecule has 288 valence electrons. The first-order valence-electron chi connectivity index (χ1n) is 18.5. The Morgan fingerprint density at radius 2 is 1.44 bits per heavy atom. The average Bonchev–Trinajstić information content (AvgIpc) is 3.55. The maximum atomic E-state index is 15.8. The van der Waals surface area contributed by atoms with Gasteiger partial charge in [-0.2, -0.15) is 0 Å². The van der Waals surface area contributed by atoms with Crippen LogP contribution in [0, 0.1) is 35.0 Å². The highest BCUT2D eigenvalue weighted by Gasteiger charge is 2.84. The number of benzene rings is 2. The monoisotopic (exact) mass is 746 g/mol. The second-order valence-corrected chi connectivity index (χ2v) is 16.2. The van der Waals surface area contributed by atoms with Crippen molar-refractivity contribution in [3.05, 3.63) is 71.8 Å². The maximum absolute atomic E-state index is 15.8. The predicted octanol–water partition coefficient (Wildman–Crippen LogP) is 4.02. The predicted molar refractivity (Wildman–Crippen MR) is 186 cm³/mol. The minimum atomic E-state index is -2.09. The lowest BCUT2D eigenvalue weighted by molar-refractivity contribution is -0.237. The summed E-state index contributed by atoms with van der Waals surface area (Å²) in [6.07, 6.45) is -6.23. The molecule has 13 heteroatoms. The van der Waals surface area contributed by atoms with Gasteiger partial charge in [-0.25, -0.2) is 9.59 Å². The number of aliphatic hydroxyl groups is 1. The molecule has 0 radical (unpaired) electrons. The Bertz CT molecular complexity index is 1860. The van der Waals surface area contributed by atoms with E-state index in [9.17, 15) is 29.1 Å². The molecule has 12 atom stereocenters. The van der Waals surface area contributed by atoms with Crippen molar-refractivity contribution in [3.63, 3.8) is 0 Å². The summed E-state index contributed by atoms with van der Waals surface area (Å²) in [5.74, 6) is -9.08. The number of carbonyl (C=O) groups is 6. The second-order valence-electron chi connectivity index (χ2n) is 16.2. The Morgan fingerprint density at radius 1 is 0.852 bits per heavy atom. The highest BCUT2D eigenvalue weighted by Crippen LogP contribution is 2.70. The first kappa shape index (κ1) is 37.7. The van der Waals surface area contributed by atoms with E-state index in [1.54, 1.807) is 71.0 Å².